The Morgan fingerprint density at radius 1 is 0.903 bits per heavy atom. The van der Waals surface area contributed by atoms with Crippen molar-refractivity contribution in [1.29, 1.82) is 0 Å². The minimum atomic E-state index is -4.24. The van der Waals surface area contributed by atoms with Crippen molar-refractivity contribution in [3.63, 3.8) is 0 Å². The van der Waals surface area contributed by atoms with Gasteiger partial charge in [0.2, 0.25) is 0 Å². The molecule has 3 aromatic rings. The van der Waals surface area contributed by atoms with Crippen LogP contribution in [0.4, 0.5) is 0 Å². The van der Waals surface area contributed by atoms with E-state index in [1.54, 1.807) is 24.3 Å². The predicted molar refractivity (Wildman–Crippen MR) is 116 cm³/mol. The van der Waals surface area contributed by atoms with Gasteiger partial charge in [-0.1, -0.05) is 48.0 Å². The second-order valence-corrected chi connectivity index (χ2v) is 8.63. The fourth-order valence-corrected chi connectivity index (χ4v) is 3.96. The van der Waals surface area contributed by atoms with Gasteiger partial charge in [0.05, 0.1) is 4.90 Å². The summed E-state index contributed by atoms with van der Waals surface area (Å²) in [4.78, 5) is 24.5. The maximum absolute atomic E-state index is 12.8. The van der Waals surface area contributed by atoms with Crippen LogP contribution in [0.5, 0.6) is 5.75 Å². The first kappa shape index (κ1) is 22.0. The first-order chi connectivity index (χ1) is 14.8. The standard InChI is InChI=1S/C23H22N2O5S/c1-17-8-14-22(15-9-17)31(28,29)25(18(2)26)24-23(27)20-10-12-21(13-11-20)30-16-19-6-4-3-5-7-19/h3-15H,16H2,1-2H3,(H,24,27). The molecule has 0 saturated heterocycles. The number of hydrazine groups is 1. The van der Waals surface area contributed by atoms with E-state index in [0.29, 0.717) is 16.8 Å². The maximum Gasteiger partial charge on any atom is 0.284 e. The molecule has 31 heavy (non-hydrogen) atoms. The lowest BCUT2D eigenvalue weighted by atomic mass is 10.2. The molecule has 0 spiro atoms. The molecule has 7 nitrogen and oxygen atoms in total. The van der Waals surface area contributed by atoms with E-state index in [4.69, 9.17) is 4.74 Å². The number of amides is 2. The zero-order valence-electron chi connectivity index (χ0n) is 17.1. The molecule has 2 amide bonds. The average Bonchev–Trinajstić information content (AvgIpc) is 2.77. The Labute approximate surface area is 181 Å². The average molecular weight is 439 g/mol. The van der Waals surface area contributed by atoms with Crippen LogP contribution in [0, 0.1) is 6.92 Å². The van der Waals surface area contributed by atoms with Crippen molar-refractivity contribution in [2.24, 2.45) is 0 Å². The monoisotopic (exact) mass is 438 g/mol. The van der Waals surface area contributed by atoms with Crippen LogP contribution < -0.4 is 10.2 Å². The molecule has 0 atom stereocenters. The van der Waals surface area contributed by atoms with Gasteiger partial charge in [0.25, 0.3) is 21.8 Å². The van der Waals surface area contributed by atoms with Crippen molar-refractivity contribution in [3.8, 4) is 5.75 Å². The number of carbonyl (C=O) groups is 2. The van der Waals surface area contributed by atoms with Crippen LogP contribution >= 0.6 is 0 Å². The van der Waals surface area contributed by atoms with Gasteiger partial charge in [0.1, 0.15) is 12.4 Å². The molecular formula is C23H22N2O5S. The second kappa shape index (κ2) is 9.44. The lowest BCUT2D eigenvalue weighted by Crippen LogP contribution is -2.48. The van der Waals surface area contributed by atoms with Crippen molar-refractivity contribution < 1.29 is 22.7 Å². The van der Waals surface area contributed by atoms with Gasteiger partial charge < -0.3 is 4.74 Å². The van der Waals surface area contributed by atoms with Crippen molar-refractivity contribution in [3.05, 3.63) is 95.6 Å². The number of hydrogen-bond donors (Lipinski definition) is 1. The van der Waals surface area contributed by atoms with Crippen molar-refractivity contribution in [1.82, 2.24) is 9.84 Å². The van der Waals surface area contributed by atoms with Crippen LogP contribution in [0.1, 0.15) is 28.4 Å². The fourth-order valence-electron chi connectivity index (χ4n) is 2.72. The van der Waals surface area contributed by atoms with E-state index in [1.165, 1.54) is 24.3 Å². The molecule has 0 aliphatic heterocycles. The third kappa shape index (κ3) is 5.49. The summed E-state index contributed by atoms with van der Waals surface area (Å²) in [6.07, 6.45) is 0. The summed E-state index contributed by atoms with van der Waals surface area (Å²) in [5, 5.41) is 0. The summed E-state index contributed by atoms with van der Waals surface area (Å²) >= 11 is 0. The van der Waals surface area contributed by atoms with Crippen LogP contribution in [0.3, 0.4) is 0 Å². The van der Waals surface area contributed by atoms with E-state index < -0.39 is 21.8 Å². The molecule has 0 aliphatic rings. The summed E-state index contributed by atoms with van der Waals surface area (Å²) in [5.74, 6) is -1.02. The highest BCUT2D eigenvalue weighted by Gasteiger charge is 2.29. The van der Waals surface area contributed by atoms with E-state index in [1.807, 2.05) is 37.3 Å². The Hall–Kier alpha value is -3.65. The van der Waals surface area contributed by atoms with E-state index in [2.05, 4.69) is 5.43 Å². The smallest absolute Gasteiger partial charge is 0.284 e. The van der Waals surface area contributed by atoms with Gasteiger partial charge in [-0.15, -0.1) is 4.41 Å². The van der Waals surface area contributed by atoms with Gasteiger partial charge >= 0.3 is 0 Å². The molecule has 0 heterocycles. The Morgan fingerprint density at radius 2 is 1.52 bits per heavy atom. The minimum absolute atomic E-state index is 0.0988. The van der Waals surface area contributed by atoms with Gasteiger partial charge in [0, 0.05) is 12.5 Å². The van der Waals surface area contributed by atoms with Gasteiger partial charge in [0.15, 0.2) is 0 Å². The van der Waals surface area contributed by atoms with E-state index in [-0.39, 0.29) is 10.5 Å². The molecule has 3 rings (SSSR count). The Bertz CT molecular complexity index is 1160. The van der Waals surface area contributed by atoms with Gasteiger partial charge in [-0.25, -0.2) is 5.43 Å². The quantitative estimate of drug-likeness (QED) is 0.595. The normalized spacial score (nSPS) is 10.9. The van der Waals surface area contributed by atoms with Gasteiger partial charge in [-0.05, 0) is 48.9 Å². The zero-order valence-corrected chi connectivity index (χ0v) is 17.9. The molecule has 0 fully saturated rings. The van der Waals surface area contributed by atoms with Crippen LogP contribution in [0.15, 0.2) is 83.8 Å². The summed E-state index contributed by atoms with van der Waals surface area (Å²) < 4.78 is 31.6. The molecule has 0 aromatic heterocycles. The van der Waals surface area contributed by atoms with Crippen molar-refractivity contribution in [2.45, 2.75) is 25.3 Å². The van der Waals surface area contributed by atoms with E-state index in [9.17, 15) is 18.0 Å². The summed E-state index contributed by atoms with van der Waals surface area (Å²) in [5.41, 5.74) is 4.23. The molecule has 0 aliphatic carbocycles. The van der Waals surface area contributed by atoms with E-state index in [0.717, 1.165) is 18.1 Å². The molecule has 0 radical (unpaired) electrons. The van der Waals surface area contributed by atoms with Gasteiger partial charge in [-0.3, -0.25) is 9.59 Å². The number of hydrogen-bond acceptors (Lipinski definition) is 5. The number of nitrogens with one attached hydrogen (secondary N) is 1. The largest absolute Gasteiger partial charge is 0.489 e. The highest BCUT2D eigenvalue weighted by atomic mass is 32.2. The number of carbonyl (C=O) groups excluding carboxylic acids is 2. The molecule has 0 bridgehead atoms. The second-order valence-electron chi connectivity index (χ2n) is 6.84. The molecule has 1 N–H and O–H groups in total. The molecule has 0 saturated carbocycles. The topological polar surface area (TPSA) is 92.8 Å². The molecule has 8 heteroatoms. The van der Waals surface area contributed by atoms with Crippen LogP contribution in [0.25, 0.3) is 0 Å². The number of nitrogens with zero attached hydrogens (tertiary/aromatic N) is 1. The fraction of sp³-hybridized carbons (Fsp3) is 0.130. The Kier molecular flexibility index (Phi) is 6.71. The van der Waals surface area contributed by atoms with Crippen LogP contribution in [-0.4, -0.2) is 24.6 Å². The predicted octanol–water partition coefficient (Wildman–Crippen LogP) is 3.46. The first-order valence-electron chi connectivity index (χ1n) is 9.48. The lowest BCUT2D eigenvalue weighted by molar-refractivity contribution is -0.125. The maximum atomic E-state index is 12.8. The number of benzene rings is 3. The Balaban J connectivity index is 1.70. The third-order valence-corrected chi connectivity index (χ3v) is 6.11. The van der Waals surface area contributed by atoms with Crippen LogP contribution in [-0.2, 0) is 21.4 Å². The zero-order chi connectivity index (χ0) is 22.4. The molecular weight excluding hydrogens is 416 g/mol. The Morgan fingerprint density at radius 3 is 2.10 bits per heavy atom. The van der Waals surface area contributed by atoms with Gasteiger partial charge in [-0.2, -0.15) is 8.42 Å². The van der Waals surface area contributed by atoms with E-state index >= 15 is 0 Å². The summed E-state index contributed by atoms with van der Waals surface area (Å²) in [6.45, 7) is 3.25. The number of rotatable bonds is 6. The lowest BCUT2D eigenvalue weighted by Gasteiger charge is -2.21. The highest BCUT2D eigenvalue weighted by molar-refractivity contribution is 7.89. The first-order valence-corrected chi connectivity index (χ1v) is 10.9. The molecule has 3 aromatic carbocycles. The third-order valence-electron chi connectivity index (χ3n) is 4.41. The number of sulfonamides is 1. The van der Waals surface area contributed by atoms with Crippen molar-refractivity contribution >= 4 is 21.8 Å². The highest BCUT2D eigenvalue weighted by Crippen LogP contribution is 2.17. The molecule has 160 valence electrons. The van der Waals surface area contributed by atoms with Crippen molar-refractivity contribution in [2.75, 3.05) is 0 Å². The SMILES string of the molecule is CC(=O)N(NC(=O)c1ccc(OCc2ccccc2)cc1)S(=O)(=O)c1ccc(C)cc1. The summed E-state index contributed by atoms with van der Waals surface area (Å²) in [7, 11) is -4.24. The summed E-state index contributed by atoms with van der Waals surface area (Å²) in [6, 6.07) is 21.8. The molecule has 0 unspecified atom stereocenters. The number of ether oxygens (including phenoxy) is 1. The minimum Gasteiger partial charge on any atom is -0.489 e. The van der Waals surface area contributed by atoms with Crippen LogP contribution in [0.2, 0.25) is 0 Å². The number of aryl methyl sites for hydroxylation is 1.